The second-order valence-corrected chi connectivity index (χ2v) is 4.74. The van der Waals surface area contributed by atoms with Crippen molar-refractivity contribution in [1.82, 2.24) is 4.90 Å². The molecule has 1 saturated carbocycles. The van der Waals surface area contributed by atoms with Gasteiger partial charge in [0.05, 0.1) is 11.8 Å². The number of amides is 3. The van der Waals surface area contributed by atoms with Gasteiger partial charge in [0, 0.05) is 6.04 Å². The van der Waals surface area contributed by atoms with E-state index < -0.39 is 17.8 Å². The van der Waals surface area contributed by atoms with E-state index in [0.717, 1.165) is 23.3 Å². The summed E-state index contributed by atoms with van der Waals surface area (Å²) >= 11 is 0. The third kappa shape index (κ3) is 3.12. The molecule has 6 heteroatoms. The number of hydrogen-bond acceptors (Lipinski definition) is 3. The van der Waals surface area contributed by atoms with E-state index in [-0.39, 0.29) is 18.2 Å². The summed E-state index contributed by atoms with van der Waals surface area (Å²) in [6.45, 7) is 1.74. The molecular weight excluding hydrogens is 261 g/mol. The summed E-state index contributed by atoms with van der Waals surface area (Å²) in [5.74, 6) is -1.11. The number of imide groups is 1. The van der Waals surface area contributed by atoms with Gasteiger partial charge in [-0.15, -0.1) is 0 Å². The number of hydrogen-bond donors (Lipinski definition) is 1. The Labute approximate surface area is 116 Å². The van der Waals surface area contributed by atoms with Crippen molar-refractivity contribution in [2.75, 3.05) is 5.32 Å². The number of carbonyl (C=O) groups excluding carboxylic acids is 2. The minimum absolute atomic E-state index is 0.0241. The molecule has 0 bridgehead atoms. The van der Waals surface area contributed by atoms with Crippen LogP contribution in [0.3, 0.4) is 0 Å². The van der Waals surface area contributed by atoms with Gasteiger partial charge in [0.25, 0.3) is 0 Å². The van der Waals surface area contributed by atoms with Crippen LogP contribution < -0.4 is 5.32 Å². The SMILES string of the molecule is Cc1ccc(NC(=O)N(C(=O)CC#N)C2CC2)c(F)c1. The Hall–Kier alpha value is -2.42. The first-order chi connectivity index (χ1) is 9.52. The average Bonchev–Trinajstić information content (AvgIpc) is 3.18. The van der Waals surface area contributed by atoms with Crippen LogP contribution in [0.2, 0.25) is 0 Å². The van der Waals surface area contributed by atoms with E-state index in [1.807, 2.05) is 0 Å². The molecule has 0 aliphatic heterocycles. The summed E-state index contributed by atoms with van der Waals surface area (Å²) in [4.78, 5) is 24.8. The minimum atomic E-state index is -0.685. The Morgan fingerprint density at radius 2 is 2.20 bits per heavy atom. The van der Waals surface area contributed by atoms with Gasteiger partial charge in [0.15, 0.2) is 0 Å². The smallest absolute Gasteiger partial charge is 0.305 e. The Kier molecular flexibility index (Phi) is 3.99. The summed E-state index contributed by atoms with van der Waals surface area (Å²) in [7, 11) is 0. The third-order valence-electron chi connectivity index (χ3n) is 3.00. The molecular formula is C14H14FN3O2. The molecule has 5 nitrogen and oxygen atoms in total. The molecule has 1 N–H and O–H groups in total. The van der Waals surface area contributed by atoms with Gasteiger partial charge in [-0.1, -0.05) is 6.07 Å². The molecule has 1 fully saturated rings. The molecule has 1 aromatic rings. The van der Waals surface area contributed by atoms with Gasteiger partial charge in [0.2, 0.25) is 5.91 Å². The van der Waals surface area contributed by atoms with Crippen LogP contribution in [0.5, 0.6) is 0 Å². The lowest BCUT2D eigenvalue weighted by atomic mass is 10.2. The third-order valence-corrected chi connectivity index (χ3v) is 3.00. The normalized spacial score (nSPS) is 13.4. The Morgan fingerprint density at radius 1 is 1.50 bits per heavy atom. The molecule has 0 aromatic heterocycles. The molecule has 2 rings (SSSR count). The molecule has 0 saturated heterocycles. The van der Waals surface area contributed by atoms with Crippen LogP contribution in [0, 0.1) is 24.1 Å². The predicted molar refractivity (Wildman–Crippen MR) is 70.3 cm³/mol. The zero-order valence-corrected chi connectivity index (χ0v) is 11.0. The highest BCUT2D eigenvalue weighted by atomic mass is 19.1. The summed E-state index contributed by atoms with van der Waals surface area (Å²) in [5, 5.41) is 10.9. The van der Waals surface area contributed by atoms with Crippen LogP contribution in [0.4, 0.5) is 14.9 Å². The first-order valence-electron chi connectivity index (χ1n) is 6.29. The molecule has 1 aliphatic carbocycles. The zero-order chi connectivity index (χ0) is 14.7. The van der Waals surface area contributed by atoms with Crippen LogP contribution in [-0.4, -0.2) is 22.9 Å². The predicted octanol–water partition coefficient (Wildman–Crippen LogP) is 2.57. The van der Waals surface area contributed by atoms with Crippen molar-refractivity contribution < 1.29 is 14.0 Å². The topological polar surface area (TPSA) is 73.2 Å². The molecule has 104 valence electrons. The monoisotopic (exact) mass is 275 g/mol. The van der Waals surface area contributed by atoms with Gasteiger partial charge in [-0.3, -0.25) is 9.69 Å². The van der Waals surface area contributed by atoms with E-state index in [4.69, 9.17) is 5.26 Å². The van der Waals surface area contributed by atoms with Crippen molar-refractivity contribution in [1.29, 1.82) is 5.26 Å². The van der Waals surface area contributed by atoms with E-state index >= 15 is 0 Å². The highest BCUT2D eigenvalue weighted by Gasteiger charge is 2.37. The number of halogens is 1. The lowest BCUT2D eigenvalue weighted by Crippen LogP contribution is -2.41. The minimum Gasteiger partial charge on any atom is -0.305 e. The van der Waals surface area contributed by atoms with E-state index in [1.165, 1.54) is 12.1 Å². The maximum Gasteiger partial charge on any atom is 0.328 e. The molecule has 20 heavy (non-hydrogen) atoms. The number of anilines is 1. The van der Waals surface area contributed by atoms with Crippen molar-refractivity contribution in [3.8, 4) is 6.07 Å². The number of aryl methyl sites for hydroxylation is 1. The molecule has 0 heterocycles. The van der Waals surface area contributed by atoms with Gasteiger partial charge in [-0.2, -0.15) is 5.26 Å². The Balaban J connectivity index is 2.12. The second kappa shape index (κ2) is 5.70. The van der Waals surface area contributed by atoms with Crippen LogP contribution in [0.1, 0.15) is 24.8 Å². The lowest BCUT2D eigenvalue weighted by molar-refractivity contribution is -0.127. The largest absolute Gasteiger partial charge is 0.328 e. The van der Waals surface area contributed by atoms with E-state index in [0.29, 0.717) is 0 Å². The standard InChI is InChI=1S/C14H14FN3O2/c1-9-2-5-12(11(15)8-9)17-14(20)18(10-3-4-10)13(19)6-7-16/h2,5,8,10H,3-4,6H2,1H3,(H,17,20). The quantitative estimate of drug-likeness (QED) is 0.921. The van der Waals surface area contributed by atoms with Gasteiger partial charge >= 0.3 is 6.03 Å². The lowest BCUT2D eigenvalue weighted by Gasteiger charge is -2.20. The van der Waals surface area contributed by atoms with Crippen molar-refractivity contribution in [2.45, 2.75) is 32.2 Å². The highest BCUT2D eigenvalue weighted by Crippen LogP contribution is 2.28. The number of carbonyl (C=O) groups is 2. The van der Waals surface area contributed by atoms with Crippen LogP contribution >= 0.6 is 0 Å². The first-order valence-corrected chi connectivity index (χ1v) is 6.29. The number of nitrogens with one attached hydrogen (secondary N) is 1. The fourth-order valence-electron chi connectivity index (χ4n) is 1.87. The maximum atomic E-state index is 13.7. The highest BCUT2D eigenvalue weighted by molar-refractivity contribution is 6.02. The van der Waals surface area contributed by atoms with Crippen LogP contribution in [0.25, 0.3) is 0 Å². The maximum absolute atomic E-state index is 13.7. The molecule has 0 spiro atoms. The van der Waals surface area contributed by atoms with Gasteiger partial charge < -0.3 is 5.32 Å². The fraction of sp³-hybridized carbons (Fsp3) is 0.357. The van der Waals surface area contributed by atoms with Gasteiger partial charge in [-0.25, -0.2) is 9.18 Å². The van der Waals surface area contributed by atoms with Gasteiger partial charge in [0.1, 0.15) is 12.2 Å². The fourth-order valence-corrected chi connectivity index (χ4v) is 1.87. The molecule has 1 aromatic carbocycles. The summed E-state index contributed by atoms with van der Waals surface area (Å²) in [5.41, 5.74) is 0.760. The number of nitriles is 1. The second-order valence-electron chi connectivity index (χ2n) is 4.74. The Bertz CT molecular complexity index is 591. The molecule has 1 aliphatic rings. The number of rotatable bonds is 3. The average molecular weight is 275 g/mol. The molecule has 0 unspecified atom stereocenters. The number of nitrogens with zero attached hydrogens (tertiary/aromatic N) is 2. The van der Waals surface area contributed by atoms with E-state index in [2.05, 4.69) is 5.32 Å². The summed E-state index contributed by atoms with van der Waals surface area (Å²) < 4.78 is 13.7. The Morgan fingerprint density at radius 3 is 2.75 bits per heavy atom. The molecule has 0 atom stereocenters. The van der Waals surface area contributed by atoms with Crippen LogP contribution in [-0.2, 0) is 4.79 Å². The van der Waals surface area contributed by atoms with E-state index in [9.17, 15) is 14.0 Å². The summed E-state index contributed by atoms with van der Waals surface area (Å²) in [6, 6.07) is 5.27. The first kappa shape index (κ1) is 14.0. The number of urea groups is 1. The van der Waals surface area contributed by atoms with Crippen molar-refractivity contribution >= 4 is 17.6 Å². The molecule has 3 amide bonds. The van der Waals surface area contributed by atoms with Crippen LogP contribution in [0.15, 0.2) is 18.2 Å². The molecule has 0 radical (unpaired) electrons. The van der Waals surface area contributed by atoms with Crippen molar-refractivity contribution in [2.24, 2.45) is 0 Å². The van der Waals surface area contributed by atoms with Gasteiger partial charge in [-0.05, 0) is 37.5 Å². The van der Waals surface area contributed by atoms with Crippen molar-refractivity contribution in [3.05, 3.63) is 29.6 Å². The zero-order valence-electron chi connectivity index (χ0n) is 11.0. The number of benzene rings is 1. The van der Waals surface area contributed by atoms with E-state index in [1.54, 1.807) is 19.1 Å². The summed E-state index contributed by atoms with van der Waals surface area (Å²) in [6.07, 6.45) is 1.09. The van der Waals surface area contributed by atoms with Crippen molar-refractivity contribution in [3.63, 3.8) is 0 Å².